The molecule has 2 atom stereocenters. The first-order valence-electron chi connectivity index (χ1n) is 7.80. The third-order valence-corrected chi connectivity index (χ3v) is 3.87. The fourth-order valence-electron chi connectivity index (χ4n) is 2.69. The van der Waals surface area contributed by atoms with E-state index in [1.165, 1.54) is 12.8 Å². The van der Waals surface area contributed by atoms with Gasteiger partial charge >= 0.3 is 17.1 Å². The van der Waals surface area contributed by atoms with Gasteiger partial charge in [-0.2, -0.15) is 0 Å². The van der Waals surface area contributed by atoms with Gasteiger partial charge in [0.25, 0.3) is 0 Å². The third kappa shape index (κ3) is 6.42. The van der Waals surface area contributed by atoms with Gasteiger partial charge in [0.15, 0.2) is 0 Å². The number of aromatic nitrogens is 2. The molecule has 0 saturated heterocycles. The third-order valence-electron chi connectivity index (χ3n) is 3.87. The smallest absolute Gasteiger partial charge is 1.00 e. The fourth-order valence-corrected chi connectivity index (χ4v) is 2.69. The van der Waals surface area contributed by atoms with Crippen molar-refractivity contribution in [1.29, 1.82) is 0 Å². The molecule has 1 saturated carbocycles. The number of nitrogens with zero attached hydrogens (tertiary/aromatic N) is 4. The Labute approximate surface area is 170 Å². The molecule has 0 amide bonds. The maximum absolute atomic E-state index is 4.73. The molecule has 1 aliphatic rings. The normalized spacial score (nSPS) is 20.5. The van der Waals surface area contributed by atoms with Crippen molar-refractivity contribution in [2.75, 3.05) is 0 Å². The van der Waals surface area contributed by atoms with Crippen molar-refractivity contribution in [3.63, 3.8) is 0 Å². The summed E-state index contributed by atoms with van der Waals surface area (Å²) in [5, 5.41) is 0. The van der Waals surface area contributed by atoms with E-state index in [0.717, 1.165) is 24.2 Å². The van der Waals surface area contributed by atoms with E-state index in [2.05, 4.69) is 9.97 Å². The standard InChI is InChI=1S/C18H20N4.Cu.HI/c1-2-10-18(22-14-16-8-4-6-12-20-16)17(9-1)21-13-15-7-3-5-11-19-15;;/h3-8,11-14,17-18H,1-2,9-10H2;;1H/q;+1;/p-1. The Balaban J connectivity index is 0.00000144. The molecule has 0 aromatic carbocycles. The zero-order valence-electron chi connectivity index (χ0n) is 13.2. The zero-order chi connectivity index (χ0) is 15.0. The minimum absolute atomic E-state index is 0. The molecular weight excluding hydrogens is 463 g/mol. The van der Waals surface area contributed by atoms with Crippen LogP contribution in [-0.4, -0.2) is 34.5 Å². The zero-order valence-corrected chi connectivity index (χ0v) is 16.3. The van der Waals surface area contributed by atoms with Crippen LogP contribution in [-0.2, 0) is 17.1 Å². The van der Waals surface area contributed by atoms with E-state index in [-0.39, 0.29) is 53.1 Å². The minimum atomic E-state index is 0. The predicted molar refractivity (Wildman–Crippen MR) is 89.7 cm³/mol. The van der Waals surface area contributed by atoms with Crippen LogP contribution in [0.2, 0.25) is 0 Å². The Morgan fingerprint density at radius 3 is 1.62 bits per heavy atom. The molecule has 0 N–H and O–H groups in total. The molecule has 2 aromatic rings. The summed E-state index contributed by atoms with van der Waals surface area (Å²) in [6.45, 7) is 0. The molecule has 2 aromatic heterocycles. The molecule has 1 fully saturated rings. The summed E-state index contributed by atoms with van der Waals surface area (Å²) < 4.78 is 0. The Morgan fingerprint density at radius 1 is 0.792 bits per heavy atom. The van der Waals surface area contributed by atoms with Crippen molar-refractivity contribution in [2.45, 2.75) is 37.8 Å². The molecule has 3 rings (SSSR count). The summed E-state index contributed by atoms with van der Waals surface area (Å²) in [4.78, 5) is 18.0. The molecule has 0 aliphatic heterocycles. The van der Waals surface area contributed by atoms with E-state index in [4.69, 9.17) is 9.98 Å². The van der Waals surface area contributed by atoms with Gasteiger partial charge in [-0.15, -0.1) is 0 Å². The van der Waals surface area contributed by atoms with Crippen molar-refractivity contribution in [2.24, 2.45) is 9.98 Å². The number of hydrogen-bond acceptors (Lipinski definition) is 4. The van der Waals surface area contributed by atoms with E-state index < -0.39 is 0 Å². The van der Waals surface area contributed by atoms with Crippen LogP contribution in [0.25, 0.3) is 0 Å². The van der Waals surface area contributed by atoms with Gasteiger partial charge in [0.05, 0.1) is 23.5 Å². The van der Waals surface area contributed by atoms with Gasteiger partial charge in [-0.05, 0) is 37.1 Å². The summed E-state index contributed by atoms with van der Waals surface area (Å²) in [6.07, 6.45) is 12.0. The molecule has 24 heavy (non-hydrogen) atoms. The quantitative estimate of drug-likeness (QED) is 0.358. The second-order valence-corrected chi connectivity index (χ2v) is 5.48. The number of rotatable bonds is 4. The Hall–Kier alpha value is -1.11. The molecule has 0 bridgehead atoms. The van der Waals surface area contributed by atoms with Gasteiger partial charge in [0.1, 0.15) is 0 Å². The summed E-state index contributed by atoms with van der Waals surface area (Å²) in [5.74, 6) is 0. The van der Waals surface area contributed by atoms with E-state index >= 15 is 0 Å². The molecule has 1 aliphatic carbocycles. The van der Waals surface area contributed by atoms with Crippen molar-refractivity contribution >= 4 is 12.4 Å². The molecular formula is C18H20CuIN4. The maximum atomic E-state index is 4.73. The van der Waals surface area contributed by atoms with Crippen LogP contribution >= 0.6 is 0 Å². The average molecular weight is 483 g/mol. The van der Waals surface area contributed by atoms with Gasteiger partial charge in [-0.25, -0.2) is 0 Å². The van der Waals surface area contributed by atoms with Crippen LogP contribution in [0.5, 0.6) is 0 Å². The molecule has 0 radical (unpaired) electrons. The summed E-state index contributed by atoms with van der Waals surface area (Å²) in [5.41, 5.74) is 1.81. The predicted octanol–water partition coefficient (Wildman–Crippen LogP) is 0.327. The minimum Gasteiger partial charge on any atom is -1.00 e. The van der Waals surface area contributed by atoms with E-state index in [1.807, 2.05) is 48.8 Å². The van der Waals surface area contributed by atoms with E-state index in [0.29, 0.717) is 0 Å². The van der Waals surface area contributed by atoms with Gasteiger partial charge in [0, 0.05) is 24.8 Å². The first kappa shape index (κ1) is 20.9. The second kappa shape index (κ2) is 11.4. The van der Waals surface area contributed by atoms with E-state index in [9.17, 15) is 0 Å². The van der Waals surface area contributed by atoms with Gasteiger partial charge in [0.2, 0.25) is 0 Å². The van der Waals surface area contributed by atoms with Crippen molar-refractivity contribution in [1.82, 2.24) is 9.97 Å². The topological polar surface area (TPSA) is 50.5 Å². The monoisotopic (exact) mass is 482 g/mol. The average Bonchev–Trinajstić information content (AvgIpc) is 2.61. The second-order valence-electron chi connectivity index (χ2n) is 5.48. The van der Waals surface area contributed by atoms with Crippen LogP contribution in [0.15, 0.2) is 58.8 Å². The Bertz CT molecular complexity index is 576. The van der Waals surface area contributed by atoms with Gasteiger partial charge in [-0.1, -0.05) is 25.0 Å². The Kier molecular flexibility index (Phi) is 9.98. The summed E-state index contributed by atoms with van der Waals surface area (Å²) in [6, 6.07) is 12.2. The van der Waals surface area contributed by atoms with Crippen molar-refractivity contribution in [3.8, 4) is 0 Å². The van der Waals surface area contributed by atoms with E-state index in [1.54, 1.807) is 12.4 Å². The van der Waals surface area contributed by atoms with Crippen LogP contribution in [0.3, 0.4) is 0 Å². The SMILES string of the molecule is C(=NC1CCCCC1N=Cc1ccccn1)c1ccccn1.[Cu+].[I-]. The largest absolute Gasteiger partial charge is 1.00 e. The molecule has 2 heterocycles. The first-order chi connectivity index (χ1) is 10.9. The van der Waals surface area contributed by atoms with Gasteiger partial charge in [-0.3, -0.25) is 20.0 Å². The van der Waals surface area contributed by atoms with Gasteiger partial charge < -0.3 is 24.0 Å². The first-order valence-corrected chi connectivity index (χ1v) is 7.80. The van der Waals surface area contributed by atoms with Crippen LogP contribution in [0.1, 0.15) is 37.1 Å². The number of pyridine rings is 2. The Morgan fingerprint density at radius 2 is 1.25 bits per heavy atom. The number of aliphatic imine (C=N–C) groups is 2. The molecule has 2 unspecified atom stereocenters. The van der Waals surface area contributed by atoms with Crippen LogP contribution in [0.4, 0.5) is 0 Å². The van der Waals surface area contributed by atoms with Crippen molar-refractivity contribution < 1.29 is 41.0 Å². The molecule has 4 nitrogen and oxygen atoms in total. The molecule has 6 heteroatoms. The summed E-state index contributed by atoms with van der Waals surface area (Å²) >= 11 is 0. The molecule has 0 spiro atoms. The van der Waals surface area contributed by atoms with Crippen LogP contribution in [0, 0.1) is 0 Å². The number of halogens is 1. The fraction of sp³-hybridized carbons (Fsp3) is 0.333. The molecule has 130 valence electrons. The number of hydrogen-bond donors (Lipinski definition) is 0. The summed E-state index contributed by atoms with van der Waals surface area (Å²) in [7, 11) is 0. The maximum Gasteiger partial charge on any atom is 1.00 e. The van der Waals surface area contributed by atoms with Crippen LogP contribution < -0.4 is 24.0 Å². The van der Waals surface area contributed by atoms with Crippen molar-refractivity contribution in [3.05, 3.63) is 60.2 Å².